The van der Waals surface area contributed by atoms with Crippen molar-refractivity contribution in [2.45, 2.75) is 12.5 Å². The molecule has 1 fully saturated rings. The lowest BCUT2D eigenvalue weighted by Gasteiger charge is -2.27. The zero-order valence-corrected chi connectivity index (χ0v) is 5.88. The molecule has 1 aliphatic rings. The lowest BCUT2D eigenvalue weighted by molar-refractivity contribution is 0.383. The second-order valence-corrected chi connectivity index (χ2v) is 2.71. The maximum atomic E-state index is 3.36. The van der Waals surface area contributed by atoms with Gasteiger partial charge >= 0.3 is 0 Å². The molecule has 1 aromatic rings. The van der Waals surface area contributed by atoms with E-state index in [1.165, 1.54) is 18.5 Å². The van der Waals surface area contributed by atoms with Crippen LogP contribution in [0.5, 0.6) is 0 Å². The largest absolute Gasteiger partial charge is 0.310 e. The Labute approximate surface area is 61.1 Å². The van der Waals surface area contributed by atoms with Crippen LogP contribution in [0.1, 0.15) is 18.0 Å². The van der Waals surface area contributed by atoms with Crippen LogP contribution in [0.25, 0.3) is 0 Å². The normalized spacial score (nSPS) is 23.8. The van der Waals surface area contributed by atoms with E-state index in [9.17, 15) is 0 Å². The van der Waals surface area contributed by atoms with Gasteiger partial charge in [-0.15, -0.1) is 0 Å². The highest BCUT2D eigenvalue weighted by Gasteiger charge is 2.16. The SMILES string of the molecule is c1ccc([C@H]2CCN2)cc1. The van der Waals surface area contributed by atoms with Crippen LogP contribution in [0.4, 0.5) is 0 Å². The van der Waals surface area contributed by atoms with Crippen LogP contribution in [0.15, 0.2) is 30.3 Å². The van der Waals surface area contributed by atoms with Gasteiger partial charge in [0.1, 0.15) is 0 Å². The summed E-state index contributed by atoms with van der Waals surface area (Å²) in [6, 6.07) is 11.2. The van der Waals surface area contributed by atoms with Gasteiger partial charge in [0.05, 0.1) is 0 Å². The van der Waals surface area contributed by atoms with Gasteiger partial charge in [0, 0.05) is 6.04 Å². The van der Waals surface area contributed by atoms with Crippen LogP contribution in [0.3, 0.4) is 0 Å². The van der Waals surface area contributed by atoms with E-state index >= 15 is 0 Å². The summed E-state index contributed by atoms with van der Waals surface area (Å²) in [7, 11) is 0. The van der Waals surface area contributed by atoms with Crippen LogP contribution in [-0.2, 0) is 0 Å². The first-order valence-corrected chi connectivity index (χ1v) is 3.75. The zero-order valence-electron chi connectivity index (χ0n) is 5.88. The first-order chi connectivity index (χ1) is 4.97. The molecule has 0 amide bonds. The Kier molecular flexibility index (Phi) is 1.44. The zero-order chi connectivity index (χ0) is 6.81. The van der Waals surface area contributed by atoms with Gasteiger partial charge < -0.3 is 5.32 Å². The highest BCUT2D eigenvalue weighted by Crippen LogP contribution is 2.21. The van der Waals surface area contributed by atoms with E-state index < -0.39 is 0 Å². The van der Waals surface area contributed by atoms with E-state index in [1.54, 1.807) is 0 Å². The average Bonchev–Trinajstić information content (AvgIpc) is 1.86. The summed E-state index contributed by atoms with van der Waals surface area (Å²) < 4.78 is 0. The van der Waals surface area contributed by atoms with Gasteiger partial charge in [-0.25, -0.2) is 0 Å². The molecule has 0 aliphatic carbocycles. The third-order valence-electron chi connectivity index (χ3n) is 2.03. The smallest absolute Gasteiger partial charge is 0.0332 e. The second kappa shape index (κ2) is 2.43. The lowest BCUT2D eigenvalue weighted by Crippen LogP contribution is -2.34. The van der Waals surface area contributed by atoms with Crippen LogP contribution < -0.4 is 5.32 Å². The first kappa shape index (κ1) is 5.93. The molecule has 1 aromatic carbocycles. The third-order valence-corrected chi connectivity index (χ3v) is 2.03. The van der Waals surface area contributed by atoms with Gasteiger partial charge in [-0.05, 0) is 18.5 Å². The summed E-state index contributed by atoms with van der Waals surface area (Å²) in [5.41, 5.74) is 1.42. The molecule has 1 nitrogen and oxygen atoms in total. The predicted octanol–water partition coefficient (Wildman–Crippen LogP) is 1.72. The number of rotatable bonds is 1. The van der Waals surface area contributed by atoms with Crippen LogP contribution >= 0.6 is 0 Å². The number of nitrogens with one attached hydrogen (secondary N) is 1. The Morgan fingerprint density at radius 3 is 2.40 bits per heavy atom. The molecule has 0 spiro atoms. The fourth-order valence-electron chi connectivity index (χ4n) is 1.26. The Bertz CT molecular complexity index is 201. The molecule has 2 rings (SSSR count). The van der Waals surface area contributed by atoms with Gasteiger partial charge in [0.15, 0.2) is 0 Å². The van der Waals surface area contributed by atoms with Crippen molar-refractivity contribution in [3.63, 3.8) is 0 Å². The number of benzene rings is 1. The quantitative estimate of drug-likeness (QED) is 0.615. The van der Waals surface area contributed by atoms with E-state index in [1.807, 2.05) is 0 Å². The van der Waals surface area contributed by atoms with Crippen molar-refractivity contribution in [3.8, 4) is 0 Å². The Morgan fingerprint density at radius 1 is 1.20 bits per heavy atom. The van der Waals surface area contributed by atoms with E-state index in [2.05, 4.69) is 35.6 Å². The first-order valence-electron chi connectivity index (χ1n) is 3.75. The summed E-state index contributed by atoms with van der Waals surface area (Å²) in [5, 5.41) is 3.36. The van der Waals surface area contributed by atoms with Crippen molar-refractivity contribution in [2.75, 3.05) is 6.54 Å². The Hall–Kier alpha value is -0.820. The van der Waals surface area contributed by atoms with E-state index in [-0.39, 0.29) is 0 Å². The summed E-state index contributed by atoms with van der Waals surface area (Å²) >= 11 is 0. The van der Waals surface area contributed by atoms with E-state index in [4.69, 9.17) is 0 Å². The molecular weight excluding hydrogens is 122 g/mol. The monoisotopic (exact) mass is 133 g/mol. The van der Waals surface area contributed by atoms with Crippen molar-refractivity contribution >= 4 is 0 Å². The molecule has 0 radical (unpaired) electrons. The molecule has 1 saturated heterocycles. The predicted molar refractivity (Wildman–Crippen MR) is 41.8 cm³/mol. The van der Waals surface area contributed by atoms with Crippen LogP contribution in [0, 0.1) is 0 Å². The minimum atomic E-state index is 0.640. The highest BCUT2D eigenvalue weighted by atomic mass is 15.0. The summed E-state index contributed by atoms with van der Waals surface area (Å²) in [5.74, 6) is 0. The molecule has 1 aliphatic heterocycles. The van der Waals surface area contributed by atoms with Crippen molar-refractivity contribution in [2.24, 2.45) is 0 Å². The topological polar surface area (TPSA) is 12.0 Å². The van der Waals surface area contributed by atoms with Gasteiger partial charge in [-0.3, -0.25) is 0 Å². The molecule has 0 aromatic heterocycles. The fourth-order valence-corrected chi connectivity index (χ4v) is 1.26. The second-order valence-electron chi connectivity index (χ2n) is 2.71. The van der Waals surface area contributed by atoms with E-state index in [0.717, 1.165) is 0 Å². The van der Waals surface area contributed by atoms with Gasteiger partial charge in [0.25, 0.3) is 0 Å². The molecule has 1 atom stereocenters. The molecule has 1 heteroatoms. The average molecular weight is 133 g/mol. The summed E-state index contributed by atoms with van der Waals surface area (Å²) in [4.78, 5) is 0. The molecule has 0 saturated carbocycles. The third kappa shape index (κ3) is 0.929. The molecule has 0 bridgehead atoms. The van der Waals surface area contributed by atoms with Crippen molar-refractivity contribution < 1.29 is 0 Å². The van der Waals surface area contributed by atoms with Gasteiger partial charge in [0.2, 0.25) is 0 Å². The van der Waals surface area contributed by atoms with Crippen LogP contribution in [-0.4, -0.2) is 6.54 Å². The molecule has 0 unspecified atom stereocenters. The standard InChI is InChI=1S/C9H11N/c1-2-4-8(5-3-1)9-6-7-10-9/h1-5,9-10H,6-7H2/t9-/m1/s1. The van der Waals surface area contributed by atoms with Crippen LogP contribution in [0.2, 0.25) is 0 Å². The molecule has 1 N–H and O–H groups in total. The molecular formula is C9H11N. The van der Waals surface area contributed by atoms with Gasteiger partial charge in [-0.1, -0.05) is 30.3 Å². The molecule has 10 heavy (non-hydrogen) atoms. The van der Waals surface area contributed by atoms with Crippen molar-refractivity contribution in [1.29, 1.82) is 0 Å². The van der Waals surface area contributed by atoms with E-state index in [0.29, 0.717) is 6.04 Å². The minimum absolute atomic E-state index is 0.640. The number of hydrogen-bond donors (Lipinski definition) is 1. The Balaban J connectivity index is 2.18. The maximum absolute atomic E-state index is 3.36. The van der Waals surface area contributed by atoms with Crippen molar-refractivity contribution in [3.05, 3.63) is 35.9 Å². The molecule has 1 heterocycles. The fraction of sp³-hybridized carbons (Fsp3) is 0.333. The summed E-state index contributed by atoms with van der Waals surface area (Å²) in [6.07, 6.45) is 1.30. The van der Waals surface area contributed by atoms with Crippen molar-refractivity contribution in [1.82, 2.24) is 5.32 Å². The summed E-state index contributed by atoms with van der Waals surface area (Å²) in [6.45, 7) is 1.18. The van der Waals surface area contributed by atoms with Gasteiger partial charge in [-0.2, -0.15) is 0 Å². The Morgan fingerprint density at radius 2 is 1.90 bits per heavy atom. The minimum Gasteiger partial charge on any atom is -0.310 e. The maximum Gasteiger partial charge on any atom is 0.0332 e. The molecule has 52 valence electrons. The number of hydrogen-bond acceptors (Lipinski definition) is 1. The lowest BCUT2D eigenvalue weighted by atomic mass is 9.98. The highest BCUT2D eigenvalue weighted by molar-refractivity contribution is 5.20.